The smallest absolute Gasteiger partial charge is 0.143 e. The monoisotopic (exact) mass is 291 g/mol. The third kappa shape index (κ3) is 3.64. The van der Waals surface area contributed by atoms with Crippen molar-refractivity contribution in [3.63, 3.8) is 0 Å². The molecule has 2 rings (SSSR count). The molecule has 1 aliphatic heterocycles. The zero-order valence-electron chi connectivity index (χ0n) is 12.2. The Morgan fingerprint density at radius 1 is 1.38 bits per heavy atom. The van der Waals surface area contributed by atoms with Gasteiger partial charge in [0, 0.05) is 25.3 Å². The van der Waals surface area contributed by atoms with E-state index in [1.54, 1.807) is 0 Å². The topological polar surface area (TPSA) is 73.3 Å². The number of rotatable bonds is 5. The van der Waals surface area contributed by atoms with Crippen molar-refractivity contribution in [3.05, 3.63) is 23.5 Å². The Morgan fingerprint density at radius 3 is 2.90 bits per heavy atom. The lowest BCUT2D eigenvalue weighted by Gasteiger charge is -2.38. The van der Waals surface area contributed by atoms with Crippen LogP contribution in [0.15, 0.2) is 12.1 Å². The fraction of sp³-hybridized carbons (Fsp3) is 0.562. The molecule has 1 saturated heterocycles. The SMILES string of the molecule is N#Cc1cc(N)c(N2CCCCC2CCCCO)cc1F. The summed E-state index contributed by atoms with van der Waals surface area (Å²) < 4.78 is 13.9. The second-order valence-electron chi connectivity index (χ2n) is 5.57. The molecule has 3 N–H and O–H groups in total. The predicted molar refractivity (Wildman–Crippen MR) is 81.4 cm³/mol. The lowest BCUT2D eigenvalue weighted by atomic mass is 9.96. The standard InChI is InChI=1S/C16H22FN3O/c17-14-10-16(15(19)9-12(14)11-18)20-7-3-1-5-13(20)6-2-4-8-21/h9-10,13,21H,1-8,19H2. The highest BCUT2D eigenvalue weighted by Crippen LogP contribution is 2.33. The van der Waals surface area contributed by atoms with Gasteiger partial charge in [0.2, 0.25) is 0 Å². The molecule has 1 fully saturated rings. The van der Waals surface area contributed by atoms with E-state index in [9.17, 15) is 4.39 Å². The van der Waals surface area contributed by atoms with Crippen LogP contribution in [0.4, 0.5) is 15.8 Å². The average Bonchev–Trinajstić information content (AvgIpc) is 2.50. The second-order valence-corrected chi connectivity index (χ2v) is 5.57. The van der Waals surface area contributed by atoms with Crippen molar-refractivity contribution in [2.24, 2.45) is 0 Å². The van der Waals surface area contributed by atoms with E-state index in [0.29, 0.717) is 17.4 Å². The van der Waals surface area contributed by atoms with E-state index >= 15 is 0 Å². The van der Waals surface area contributed by atoms with Crippen molar-refractivity contribution in [1.29, 1.82) is 5.26 Å². The lowest BCUT2D eigenvalue weighted by molar-refractivity contribution is 0.278. The normalized spacial score (nSPS) is 18.5. The number of benzene rings is 1. The van der Waals surface area contributed by atoms with E-state index in [0.717, 1.165) is 38.6 Å². The molecule has 1 aliphatic rings. The van der Waals surface area contributed by atoms with Crippen LogP contribution in [-0.4, -0.2) is 24.3 Å². The van der Waals surface area contributed by atoms with Crippen LogP contribution < -0.4 is 10.6 Å². The third-order valence-electron chi connectivity index (χ3n) is 4.12. The molecule has 0 amide bonds. The molecule has 1 heterocycles. The molecule has 1 aromatic carbocycles. The van der Waals surface area contributed by atoms with E-state index in [-0.39, 0.29) is 12.2 Å². The number of unbranched alkanes of at least 4 members (excludes halogenated alkanes) is 1. The fourth-order valence-electron chi connectivity index (χ4n) is 3.02. The quantitative estimate of drug-likeness (QED) is 0.646. The van der Waals surface area contributed by atoms with Crippen molar-refractivity contribution in [2.45, 2.75) is 44.6 Å². The van der Waals surface area contributed by atoms with Gasteiger partial charge < -0.3 is 15.7 Å². The Morgan fingerprint density at radius 2 is 2.19 bits per heavy atom. The largest absolute Gasteiger partial charge is 0.397 e. The number of aliphatic hydroxyl groups excluding tert-OH is 1. The summed E-state index contributed by atoms with van der Waals surface area (Å²) in [5.41, 5.74) is 7.16. The first-order valence-corrected chi connectivity index (χ1v) is 7.54. The minimum atomic E-state index is -0.513. The van der Waals surface area contributed by atoms with Crippen molar-refractivity contribution in [1.82, 2.24) is 0 Å². The summed E-state index contributed by atoms with van der Waals surface area (Å²) in [6, 6.07) is 4.96. The molecule has 114 valence electrons. The molecule has 0 aliphatic carbocycles. The number of halogens is 1. The van der Waals surface area contributed by atoms with Crippen LogP contribution in [0.25, 0.3) is 0 Å². The molecule has 0 saturated carbocycles. The summed E-state index contributed by atoms with van der Waals surface area (Å²) in [5, 5.41) is 17.8. The summed E-state index contributed by atoms with van der Waals surface area (Å²) in [6.45, 7) is 1.07. The van der Waals surface area contributed by atoms with E-state index in [2.05, 4.69) is 4.90 Å². The Labute approximate surface area is 125 Å². The van der Waals surface area contributed by atoms with Crippen molar-refractivity contribution in [3.8, 4) is 6.07 Å². The van der Waals surface area contributed by atoms with E-state index in [1.165, 1.54) is 18.6 Å². The van der Waals surface area contributed by atoms with Crippen LogP contribution >= 0.6 is 0 Å². The maximum Gasteiger partial charge on any atom is 0.143 e. The van der Waals surface area contributed by atoms with Gasteiger partial charge in [-0.15, -0.1) is 0 Å². The molecule has 0 bridgehead atoms. The minimum absolute atomic E-state index is 0.00918. The Bertz CT molecular complexity index is 527. The summed E-state index contributed by atoms with van der Waals surface area (Å²) >= 11 is 0. The van der Waals surface area contributed by atoms with Crippen LogP contribution in [0.3, 0.4) is 0 Å². The lowest BCUT2D eigenvalue weighted by Crippen LogP contribution is -2.40. The molecular weight excluding hydrogens is 269 g/mol. The second kappa shape index (κ2) is 7.28. The van der Waals surface area contributed by atoms with Crippen molar-refractivity contribution in [2.75, 3.05) is 23.8 Å². The molecule has 1 aromatic rings. The maximum atomic E-state index is 13.9. The number of piperidine rings is 1. The van der Waals surface area contributed by atoms with Crippen LogP contribution in [0, 0.1) is 17.1 Å². The fourth-order valence-corrected chi connectivity index (χ4v) is 3.02. The van der Waals surface area contributed by atoms with Crippen molar-refractivity contribution < 1.29 is 9.50 Å². The first-order chi connectivity index (χ1) is 10.2. The van der Waals surface area contributed by atoms with Gasteiger partial charge in [0.05, 0.1) is 16.9 Å². The van der Waals surface area contributed by atoms with Crippen LogP contribution in [0.1, 0.15) is 44.1 Å². The molecule has 0 radical (unpaired) electrons. The number of nitrogens with zero attached hydrogens (tertiary/aromatic N) is 2. The zero-order chi connectivity index (χ0) is 15.2. The molecule has 1 unspecified atom stereocenters. The van der Waals surface area contributed by atoms with Crippen LogP contribution in [0.2, 0.25) is 0 Å². The highest BCUT2D eigenvalue weighted by Gasteiger charge is 2.24. The summed E-state index contributed by atoms with van der Waals surface area (Å²) in [5.74, 6) is -0.513. The number of nitrogen functional groups attached to an aromatic ring is 1. The highest BCUT2D eigenvalue weighted by molar-refractivity contribution is 5.70. The van der Waals surface area contributed by atoms with Crippen LogP contribution in [0.5, 0.6) is 0 Å². The molecule has 0 aromatic heterocycles. The minimum Gasteiger partial charge on any atom is -0.397 e. The number of hydrogen-bond donors (Lipinski definition) is 2. The van der Waals surface area contributed by atoms with Gasteiger partial charge in [-0.1, -0.05) is 0 Å². The number of anilines is 2. The zero-order valence-corrected chi connectivity index (χ0v) is 12.2. The Hall–Kier alpha value is -1.80. The van der Waals surface area contributed by atoms with E-state index in [1.807, 2.05) is 6.07 Å². The molecule has 4 nitrogen and oxygen atoms in total. The number of nitriles is 1. The van der Waals surface area contributed by atoms with Crippen molar-refractivity contribution >= 4 is 11.4 Å². The Kier molecular flexibility index (Phi) is 5.40. The molecule has 0 spiro atoms. The van der Waals surface area contributed by atoms with Gasteiger partial charge in [-0.25, -0.2) is 4.39 Å². The first kappa shape index (κ1) is 15.6. The van der Waals surface area contributed by atoms with Crippen LogP contribution in [-0.2, 0) is 0 Å². The van der Waals surface area contributed by atoms with E-state index < -0.39 is 5.82 Å². The van der Waals surface area contributed by atoms with Gasteiger partial charge in [0.15, 0.2) is 0 Å². The molecular formula is C16H22FN3O. The first-order valence-electron chi connectivity index (χ1n) is 7.54. The van der Waals surface area contributed by atoms with Gasteiger partial charge in [-0.2, -0.15) is 5.26 Å². The highest BCUT2D eigenvalue weighted by atomic mass is 19.1. The number of nitrogens with two attached hydrogens (primary N) is 1. The van der Waals surface area contributed by atoms with Gasteiger partial charge in [-0.3, -0.25) is 0 Å². The Balaban J connectivity index is 2.21. The van der Waals surface area contributed by atoms with E-state index in [4.69, 9.17) is 16.1 Å². The van der Waals surface area contributed by atoms with Gasteiger partial charge in [-0.05, 0) is 44.6 Å². The van der Waals surface area contributed by atoms with Gasteiger partial charge >= 0.3 is 0 Å². The predicted octanol–water partition coefficient (Wildman–Crippen LogP) is 2.80. The number of aliphatic hydroxyl groups is 1. The summed E-state index contributed by atoms with van der Waals surface area (Å²) in [4.78, 5) is 2.17. The van der Waals surface area contributed by atoms with Gasteiger partial charge in [0.25, 0.3) is 0 Å². The van der Waals surface area contributed by atoms with Gasteiger partial charge in [0.1, 0.15) is 11.9 Å². The summed E-state index contributed by atoms with van der Waals surface area (Å²) in [6.07, 6.45) is 6.02. The number of hydrogen-bond acceptors (Lipinski definition) is 4. The average molecular weight is 291 g/mol. The third-order valence-corrected chi connectivity index (χ3v) is 4.12. The summed E-state index contributed by atoms with van der Waals surface area (Å²) in [7, 11) is 0. The molecule has 21 heavy (non-hydrogen) atoms. The molecule has 5 heteroatoms. The maximum absolute atomic E-state index is 13.9. The molecule has 1 atom stereocenters.